The Hall–Kier alpha value is -1.59. The Morgan fingerprint density at radius 1 is 1.47 bits per heavy atom. The van der Waals surface area contributed by atoms with E-state index in [1.165, 1.54) is 0 Å². The lowest BCUT2D eigenvalue weighted by Gasteiger charge is -2.18. The fourth-order valence-electron chi connectivity index (χ4n) is 2.02. The highest BCUT2D eigenvalue weighted by Crippen LogP contribution is 2.09. The van der Waals surface area contributed by atoms with Crippen LogP contribution in [-0.4, -0.2) is 43.2 Å². The van der Waals surface area contributed by atoms with E-state index in [0.717, 1.165) is 12.0 Å². The predicted octanol–water partition coefficient (Wildman–Crippen LogP) is 1.11. The second-order valence-electron chi connectivity index (χ2n) is 4.60. The molecule has 2 rings (SSSR count). The molecule has 0 radical (unpaired) electrons. The van der Waals surface area contributed by atoms with Crippen LogP contribution in [0.1, 0.15) is 12.0 Å². The van der Waals surface area contributed by atoms with E-state index in [1.54, 1.807) is 0 Å². The molecule has 2 N–H and O–H groups in total. The van der Waals surface area contributed by atoms with Crippen molar-refractivity contribution in [3.63, 3.8) is 0 Å². The number of alkyl carbamates (subject to hydrolysis) is 1. The number of ether oxygens (including phenoxy) is 2. The molecule has 104 valence electrons. The Bertz CT molecular complexity index is 390. The lowest BCUT2D eigenvalue weighted by Crippen LogP contribution is -2.40. The van der Waals surface area contributed by atoms with Crippen molar-refractivity contribution >= 4 is 6.09 Å². The summed E-state index contributed by atoms with van der Waals surface area (Å²) in [5.41, 5.74) is 1.06. The summed E-state index contributed by atoms with van der Waals surface area (Å²) in [4.78, 5) is 11.7. The number of nitrogens with one attached hydrogen (secondary N) is 1. The molecule has 2 atom stereocenters. The lowest BCUT2D eigenvalue weighted by molar-refractivity contribution is 0.0782. The number of amides is 1. The zero-order chi connectivity index (χ0) is 13.5. The van der Waals surface area contributed by atoms with Gasteiger partial charge in [-0.15, -0.1) is 0 Å². The molecular formula is C14H19NO4. The van der Waals surface area contributed by atoms with Crippen molar-refractivity contribution in [2.75, 3.05) is 19.8 Å². The predicted molar refractivity (Wildman–Crippen MR) is 69.9 cm³/mol. The molecule has 0 bridgehead atoms. The van der Waals surface area contributed by atoms with Gasteiger partial charge in [-0.25, -0.2) is 4.79 Å². The molecule has 1 heterocycles. The highest BCUT2D eigenvalue weighted by Gasteiger charge is 2.21. The number of aliphatic hydroxyl groups is 1. The molecule has 0 saturated carbocycles. The molecule has 1 amide bonds. The van der Waals surface area contributed by atoms with Crippen LogP contribution >= 0.6 is 0 Å². The molecule has 1 aromatic carbocycles. The van der Waals surface area contributed by atoms with Crippen LogP contribution in [0.3, 0.4) is 0 Å². The van der Waals surface area contributed by atoms with E-state index in [2.05, 4.69) is 5.32 Å². The first-order chi connectivity index (χ1) is 9.28. The van der Waals surface area contributed by atoms with Gasteiger partial charge < -0.3 is 19.9 Å². The van der Waals surface area contributed by atoms with Crippen molar-refractivity contribution < 1.29 is 19.4 Å². The second kappa shape index (κ2) is 7.11. The van der Waals surface area contributed by atoms with Gasteiger partial charge in [0.2, 0.25) is 0 Å². The number of rotatable bonds is 5. The molecule has 5 nitrogen and oxygen atoms in total. The van der Waals surface area contributed by atoms with Gasteiger partial charge in [-0.05, 0) is 12.0 Å². The van der Waals surface area contributed by atoms with Crippen LogP contribution in [-0.2, 0) is 15.9 Å². The molecule has 1 saturated heterocycles. The molecular weight excluding hydrogens is 246 g/mol. The van der Waals surface area contributed by atoms with E-state index >= 15 is 0 Å². The second-order valence-corrected chi connectivity index (χ2v) is 4.60. The SMILES string of the molecule is O=C(N[C@H](CO)Cc1ccccc1)O[C@H]1CCOC1. The lowest BCUT2D eigenvalue weighted by atomic mass is 10.1. The molecule has 1 aliphatic heterocycles. The Kier molecular flexibility index (Phi) is 5.18. The van der Waals surface area contributed by atoms with Crippen LogP contribution < -0.4 is 5.32 Å². The van der Waals surface area contributed by atoms with E-state index in [9.17, 15) is 9.90 Å². The van der Waals surface area contributed by atoms with E-state index < -0.39 is 6.09 Å². The van der Waals surface area contributed by atoms with Crippen LogP contribution in [0.5, 0.6) is 0 Å². The Labute approximate surface area is 112 Å². The molecule has 0 aliphatic carbocycles. The van der Waals surface area contributed by atoms with E-state index in [0.29, 0.717) is 19.6 Å². The van der Waals surface area contributed by atoms with Crippen molar-refractivity contribution in [1.82, 2.24) is 5.32 Å². The summed E-state index contributed by atoms with van der Waals surface area (Å²) in [5, 5.41) is 12.0. The minimum absolute atomic E-state index is 0.120. The molecule has 1 fully saturated rings. The first-order valence-electron chi connectivity index (χ1n) is 6.47. The van der Waals surface area contributed by atoms with Crippen LogP contribution in [0.2, 0.25) is 0 Å². The van der Waals surface area contributed by atoms with Crippen LogP contribution in [0.4, 0.5) is 4.79 Å². The third kappa shape index (κ3) is 4.54. The van der Waals surface area contributed by atoms with Gasteiger partial charge in [-0.3, -0.25) is 0 Å². The van der Waals surface area contributed by atoms with Gasteiger partial charge >= 0.3 is 6.09 Å². The third-order valence-electron chi connectivity index (χ3n) is 3.03. The smallest absolute Gasteiger partial charge is 0.407 e. The van der Waals surface area contributed by atoms with E-state index in [1.807, 2.05) is 30.3 Å². The van der Waals surface area contributed by atoms with Gasteiger partial charge in [0, 0.05) is 6.42 Å². The molecule has 1 aliphatic rings. The summed E-state index contributed by atoms with van der Waals surface area (Å²) >= 11 is 0. The minimum Gasteiger partial charge on any atom is -0.444 e. The van der Waals surface area contributed by atoms with E-state index in [-0.39, 0.29) is 18.8 Å². The van der Waals surface area contributed by atoms with Crippen molar-refractivity contribution in [2.24, 2.45) is 0 Å². The van der Waals surface area contributed by atoms with Crippen molar-refractivity contribution in [2.45, 2.75) is 25.0 Å². The molecule has 5 heteroatoms. The number of aliphatic hydroxyl groups excluding tert-OH is 1. The largest absolute Gasteiger partial charge is 0.444 e. The normalized spacial score (nSPS) is 19.9. The Morgan fingerprint density at radius 2 is 2.26 bits per heavy atom. The first-order valence-corrected chi connectivity index (χ1v) is 6.47. The van der Waals surface area contributed by atoms with Crippen molar-refractivity contribution in [1.29, 1.82) is 0 Å². The minimum atomic E-state index is -0.495. The quantitative estimate of drug-likeness (QED) is 0.836. The zero-order valence-corrected chi connectivity index (χ0v) is 10.7. The summed E-state index contributed by atoms with van der Waals surface area (Å²) in [6.07, 6.45) is 0.644. The number of carbonyl (C=O) groups is 1. The highest BCUT2D eigenvalue weighted by molar-refractivity contribution is 5.67. The summed E-state index contributed by atoms with van der Waals surface area (Å²) in [7, 11) is 0. The number of hydrogen-bond acceptors (Lipinski definition) is 4. The molecule has 0 unspecified atom stereocenters. The summed E-state index contributed by atoms with van der Waals surface area (Å²) < 4.78 is 10.3. The maximum atomic E-state index is 11.7. The van der Waals surface area contributed by atoms with Gasteiger partial charge in [0.25, 0.3) is 0 Å². The summed E-state index contributed by atoms with van der Waals surface area (Å²) in [5.74, 6) is 0. The maximum Gasteiger partial charge on any atom is 0.407 e. The van der Waals surface area contributed by atoms with E-state index in [4.69, 9.17) is 9.47 Å². The zero-order valence-electron chi connectivity index (χ0n) is 10.7. The highest BCUT2D eigenvalue weighted by atomic mass is 16.6. The summed E-state index contributed by atoms with van der Waals surface area (Å²) in [6, 6.07) is 9.37. The van der Waals surface area contributed by atoms with Crippen LogP contribution in [0.15, 0.2) is 30.3 Å². The number of hydrogen-bond donors (Lipinski definition) is 2. The van der Waals surface area contributed by atoms with Gasteiger partial charge in [0.05, 0.1) is 25.9 Å². The van der Waals surface area contributed by atoms with Gasteiger partial charge in [-0.1, -0.05) is 30.3 Å². The number of benzene rings is 1. The van der Waals surface area contributed by atoms with Gasteiger partial charge in [0.15, 0.2) is 0 Å². The van der Waals surface area contributed by atoms with Crippen LogP contribution in [0.25, 0.3) is 0 Å². The van der Waals surface area contributed by atoms with Crippen LogP contribution in [0, 0.1) is 0 Å². The number of carbonyl (C=O) groups excluding carboxylic acids is 1. The van der Waals surface area contributed by atoms with Crippen molar-refractivity contribution in [3.05, 3.63) is 35.9 Å². The third-order valence-corrected chi connectivity index (χ3v) is 3.03. The monoisotopic (exact) mass is 265 g/mol. The maximum absolute atomic E-state index is 11.7. The molecule has 0 spiro atoms. The molecule has 1 aromatic rings. The average Bonchev–Trinajstić information content (AvgIpc) is 2.92. The average molecular weight is 265 g/mol. The van der Waals surface area contributed by atoms with Gasteiger partial charge in [0.1, 0.15) is 6.10 Å². The molecule has 0 aromatic heterocycles. The van der Waals surface area contributed by atoms with Gasteiger partial charge in [-0.2, -0.15) is 0 Å². The fourth-order valence-corrected chi connectivity index (χ4v) is 2.02. The fraction of sp³-hybridized carbons (Fsp3) is 0.500. The summed E-state index contributed by atoms with van der Waals surface area (Å²) in [6.45, 7) is 0.965. The Balaban J connectivity index is 1.79. The standard InChI is InChI=1S/C14H19NO4/c16-9-12(8-11-4-2-1-3-5-11)15-14(17)19-13-6-7-18-10-13/h1-5,12-13,16H,6-10H2,(H,15,17)/t12-,13-/m0/s1. The first kappa shape index (κ1) is 13.8. The Morgan fingerprint density at radius 3 is 2.89 bits per heavy atom. The molecule has 19 heavy (non-hydrogen) atoms. The van der Waals surface area contributed by atoms with Crippen molar-refractivity contribution in [3.8, 4) is 0 Å². The topological polar surface area (TPSA) is 67.8 Å².